The number of primary amides is 1. The molecule has 3 nitrogen and oxygen atoms in total. The van der Waals surface area contributed by atoms with Crippen molar-refractivity contribution < 1.29 is 9.18 Å². The Bertz CT molecular complexity index is 282. The van der Waals surface area contributed by atoms with E-state index in [1.165, 1.54) is 0 Å². The fourth-order valence-electron chi connectivity index (χ4n) is 0.647. The number of pyridine rings is 1. The zero-order chi connectivity index (χ0) is 8.43. The minimum atomic E-state index is -0.894. The van der Waals surface area contributed by atoms with Gasteiger partial charge in [-0.25, -0.2) is 4.39 Å². The molecule has 0 aliphatic carbocycles. The van der Waals surface area contributed by atoms with Gasteiger partial charge in [-0.15, -0.1) is 0 Å². The highest BCUT2D eigenvalue weighted by molar-refractivity contribution is 6.33. The summed E-state index contributed by atoms with van der Waals surface area (Å²) in [5.41, 5.74) is 4.51. The SMILES string of the molecule is NC(=O)c1c(F)cncc1Cl. The summed E-state index contributed by atoms with van der Waals surface area (Å²) < 4.78 is 12.7. The Hall–Kier alpha value is -1.16. The Morgan fingerprint density at radius 1 is 1.64 bits per heavy atom. The van der Waals surface area contributed by atoms with Gasteiger partial charge >= 0.3 is 0 Å². The van der Waals surface area contributed by atoms with Gasteiger partial charge in [0.2, 0.25) is 0 Å². The van der Waals surface area contributed by atoms with Crippen LogP contribution in [-0.4, -0.2) is 10.9 Å². The third-order valence-corrected chi connectivity index (χ3v) is 1.39. The number of amides is 1. The Balaban J connectivity index is 3.32. The number of carbonyl (C=O) groups excluding carboxylic acids is 1. The molecule has 2 N–H and O–H groups in total. The summed E-state index contributed by atoms with van der Waals surface area (Å²) in [7, 11) is 0. The second-order valence-electron chi connectivity index (χ2n) is 1.84. The molecule has 0 saturated heterocycles. The van der Waals surface area contributed by atoms with Crippen molar-refractivity contribution in [2.75, 3.05) is 0 Å². The van der Waals surface area contributed by atoms with Gasteiger partial charge < -0.3 is 5.73 Å². The lowest BCUT2D eigenvalue weighted by atomic mass is 10.2. The number of carbonyl (C=O) groups is 1. The molecule has 0 aliphatic heterocycles. The first-order chi connectivity index (χ1) is 5.13. The molecule has 58 valence electrons. The van der Waals surface area contributed by atoms with E-state index in [1.54, 1.807) is 0 Å². The Morgan fingerprint density at radius 3 is 2.64 bits per heavy atom. The third kappa shape index (κ3) is 1.46. The van der Waals surface area contributed by atoms with E-state index in [0.717, 1.165) is 12.4 Å². The molecule has 1 amide bonds. The molecule has 0 spiro atoms. The molecular weight excluding hydrogens is 171 g/mol. The van der Waals surface area contributed by atoms with Gasteiger partial charge in [0.25, 0.3) is 5.91 Å². The standard InChI is InChI=1S/C6H4ClFN2O/c7-3-1-10-2-4(8)5(3)6(9)11/h1-2H,(H2,9,11). The zero-order valence-electron chi connectivity index (χ0n) is 5.34. The van der Waals surface area contributed by atoms with E-state index in [1.807, 2.05) is 0 Å². The maximum Gasteiger partial charge on any atom is 0.253 e. The smallest absolute Gasteiger partial charge is 0.253 e. The van der Waals surface area contributed by atoms with Crippen molar-refractivity contribution in [3.8, 4) is 0 Å². The summed E-state index contributed by atoms with van der Waals surface area (Å²) in [6.07, 6.45) is 2.04. The summed E-state index contributed by atoms with van der Waals surface area (Å²) in [4.78, 5) is 13.9. The van der Waals surface area contributed by atoms with Crippen molar-refractivity contribution >= 4 is 17.5 Å². The summed E-state index contributed by atoms with van der Waals surface area (Å²) in [6, 6.07) is 0. The van der Waals surface area contributed by atoms with Crippen LogP contribution in [0.5, 0.6) is 0 Å². The van der Waals surface area contributed by atoms with Crippen molar-refractivity contribution in [1.82, 2.24) is 4.98 Å². The van der Waals surface area contributed by atoms with Crippen LogP contribution < -0.4 is 5.73 Å². The molecule has 0 aliphatic rings. The van der Waals surface area contributed by atoms with Gasteiger partial charge in [0.05, 0.1) is 16.8 Å². The maximum absolute atomic E-state index is 12.7. The number of hydrogen-bond acceptors (Lipinski definition) is 2. The van der Waals surface area contributed by atoms with Crippen molar-refractivity contribution in [3.05, 3.63) is 28.8 Å². The Morgan fingerprint density at radius 2 is 2.27 bits per heavy atom. The van der Waals surface area contributed by atoms with Gasteiger partial charge in [-0.2, -0.15) is 0 Å². The highest BCUT2D eigenvalue weighted by Crippen LogP contribution is 2.15. The van der Waals surface area contributed by atoms with Crippen molar-refractivity contribution in [2.24, 2.45) is 5.73 Å². The van der Waals surface area contributed by atoms with Crippen LogP contribution in [0.2, 0.25) is 5.02 Å². The molecule has 0 bridgehead atoms. The van der Waals surface area contributed by atoms with Gasteiger partial charge in [-0.05, 0) is 0 Å². The van der Waals surface area contributed by atoms with Gasteiger partial charge in [-0.1, -0.05) is 11.6 Å². The average molecular weight is 175 g/mol. The van der Waals surface area contributed by atoms with Crippen LogP contribution in [0.15, 0.2) is 12.4 Å². The largest absolute Gasteiger partial charge is 0.365 e. The van der Waals surface area contributed by atoms with E-state index >= 15 is 0 Å². The van der Waals surface area contributed by atoms with Crippen LogP contribution in [0.1, 0.15) is 10.4 Å². The summed E-state index contributed by atoms with van der Waals surface area (Å²) in [6.45, 7) is 0. The highest BCUT2D eigenvalue weighted by atomic mass is 35.5. The van der Waals surface area contributed by atoms with Crippen LogP contribution in [0.3, 0.4) is 0 Å². The van der Waals surface area contributed by atoms with Crippen molar-refractivity contribution in [2.45, 2.75) is 0 Å². The third-order valence-electron chi connectivity index (χ3n) is 1.10. The molecule has 11 heavy (non-hydrogen) atoms. The number of aromatic nitrogens is 1. The number of nitrogens with two attached hydrogens (primary N) is 1. The van der Waals surface area contributed by atoms with Crippen molar-refractivity contribution in [3.63, 3.8) is 0 Å². The van der Waals surface area contributed by atoms with E-state index in [2.05, 4.69) is 4.98 Å². The highest BCUT2D eigenvalue weighted by Gasteiger charge is 2.12. The molecule has 0 aromatic carbocycles. The number of nitrogens with zero attached hydrogens (tertiary/aromatic N) is 1. The molecular formula is C6H4ClFN2O. The minimum absolute atomic E-state index is 0.0718. The first-order valence-corrected chi connectivity index (χ1v) is 3.09. The number of halogens is 2. The molecule has 1 heterocycles. The molecule has 5 heteroatoms. The molecule has 0 unspecified atom stereocenters. The van der Waals surface area contributed by atoms with Crippen LogP contribution >= 0.6 is 11.6 Å². The molecule has 0 fully saturated rings. The fraction of sp³-hybridized carbons (Fsp3) is 0. The van der Waals surface area contributed by atoms with E-state index in [4.69, 9.17) is 17.3 Å². The maximum atomic E-state index is 12.7. The van der Waals surface area contributed by atoms with Crippen LogP contribution in [-0.2, 0) is 0 Å². The summed E-state index contributed by atoms with van der Waals surface area (Å²) in [5.74, 6) is -1.69. The monoisotopic (exact) mass is 174 g/mol. The second-order valence-corrected chi connectivity index (χ2v) is 2.25. The van der Waals surface area contributed by atoms with E-state index in [0.29, 0.717) is 0 Å². The second kappa shape index (κ2) is 2.84. The van der Waals surface area contributed by atoms with Crippen molar-refractivity contribution in [1.29, 1.82) is 0 Å². The molecule has 1 aromatic heterocycles. The van der Waals surface area contributed by atoms with Crippen LogP contribution in [0, 0.1) is 5.82 Å². The zero-order valence-corrected chi connectivity index (χ0v) is 6.10. The fourth-order valence-corrected chi connectivity index (χ4v) is 0.886. The van der Waals surface area contributed by atoms with Gasteiger partial charge in [0.15, 0.2) is 5.82 Å². The normalized spacial score (nSPS) is 9.64. The molecule has 0 atom stereocenters. The lowest BCUT2D eigenvalue weighted by Crippen LogP contribution is -2.14. The Labute approximate surface area is 67.0 Å². The van der Waals surface area contributed by atoms with Gasteiger partial charge in [0.1, 0.15) is 0 Å². The van der Waals surface area contributed by atoms with Crippen LogP contribution in [0.4, 0.5) is 4.39 Å². The lowest BCUT2D eigenvalue weighted by Gasteiger charge is -1.98. The van der Waals surface area contributed by atoms with E-state index < -0.39 is 11.7 Å². The number of hydrogen-bond donors (Lipinski definition) is 1. The quantitative estimate of drug-likeness (QED) is 0.690. The topological polar surface area (TPSA) is 56.0 Å². The van der Waals surface area contributed by atoms with Gasteiger partial charge in [0, 0.05) is 6.20 Å². The predicted molar refractivity (Wildman–Crippen MR) is 37.7 cm³/mol. The molecule has 0 saturated carbocycles. The molecule has 1 aromatic rings. The number of rotatable bonds is 1. The lowest BCUT2D eigenvalue weighted by molar-refractivity contribution is 0.0996. The first-order valence-electron chi connectivity index (χ1n) is 2.71. The van der Waals surface area contributed by atoms with E-state index in [9.17, 15) is 9.18 Å². The average Bonchev–Trinajstić information content (AvgIpc) is 1.85. The van der Waals surface area contributed by atoms with Crippen LogP contribution in [0.25, 0.3) is 0 Å². The summed E-state index contributed by atoms with van der Waals surface area (Å²) in [5, 5.41) is -0.0718. The van der Waals surface area contributed by atoms with E-state index in [-0.39, 0.29) is 10.6 Å². The van der Waals surface area contributed by atoms with Gasteiger partial charge in [-0.3, -0.25) is 9.78 Å². The Kier molecular flexibility index (Phi) is 2.05. The predicted octanol–water partition coefficient (Wildman–Crippen LogP) is 0.973. The first kappa shape index (κ1) is 7.94. The molecule has 0 radical (unpaired) electrons. The molecule has 1 rings (SSSR count). The summed E-state index contributed by atoms with van der Waals surface area (Å²) >= 11 is 5.42. The minimum Gasteiger partial charge on any atom is -0.365 e.